The Kier molecular flexibility index (Phi) is 6.14. The van der Waals surface area contributed by atoms with Crippen LogP contribution in [0.25, 0.3) is 0 Å². The molecule has 166 valence electrons. The van der Waals surface area contributed by atoms with E-state index in [0.717, 1.165) is 37.1 Å². The summed E-state index contributed by atoms with van der Waals surface area (Å²) in [6.45, 7) is 4.33. The zero-order chi connectivity index (χ0) is 22.0. The second-order valence-electron chi connectivity index (χ2n) is 8.33. The number of rotatable bonds is 7. The first-order chi connectivity index (χ1) is 14.9. The summed E-state index contributed by atoms with van der Waals surface area (Å²) in [7, 11) is 0. The lowest BCUT2D eigenvalue weighted by molar-refractivity contribution is -0.137. The van der Waals surface area contributed by atoms with Crippen molar-refractivity contribution in [2.45, 2.75) is 44.6 Å². The normalized spacial score (nSPS) is 17.4. The fraction of sp³-hybridized carbons (Fsp3) is 0.458. The van der Waals surface area contributed by atoms with Crippen LogP contribution in [0.15, 0.2) is 30.3 Å². The number of halogens is 2. The van der Waals surface area contributed by atoms with Crippen LogP contribution in [-0.4, -0.2) is 42.2 Å². The first-order valence-electron chi connectivity index (χ1n) is 10.7. The molecule has 0 radical (unpaired) electrons. The minimum Gasteiger partial charge on any atom is -0.489 e. The minimum atomic E-state index is -0.800. The summed E-state index contributed by atoms with van der Waals surface area (Å²) in [4.78, 5) is 12.9. The highest BCUT2D eigenvalue weighted by Gasteiger charge is 2.44. The van der Waals surface area contributed by atoms with Gasteiger partial charge in [0.1, 0.15) is 12.4 Å². The van der Waals surface area contributed by atoms with Crippen molar-refractivity contribution < 1.29 is 28.2 Å². The smallest absolute Gasteiger partial charge is 0.304 e. The average molecular weight is 431 g/mol. The van der Waals surface area contributed by atoms with Gasteiger partial charge in [0.2, 0.25) is 5.82 Å². The lowest BCUT2D eigenvalue weighted by Crippen LogP contribution is -2.44. The van der Waals surface area contributed by atoms with E-state index in [-0.39, 0.29) is 35.8 Å². The number of nitrogens with zero attached hydrogens (tertiary/aromatic N) is 1. The molecule has 2 aliphatic rings. The van der Waals surface area contributed by atoms with E-state index in [1.807, 2.05) is 19.1 Å². The van der Waals surface area contributed by atoms with Gasteiger partial charge in [-0.25, -0.2) is 4.39 Å². The molecule has 7 heteroatoms. The Hall–Kier alpha value is -2.67. The van der Waals surface area contributed by atoms with E-state index < -0.39 is 11.8 Å². The van der Waals surface area contributed by atoms with Gasteiger partial charge in [-0.15, -0.1) is 0 Å². The van der Waals surface area contributed by atoms with Gasteiger partial charge >= 0.3 is 5.97 Å². The molecule has 1 N–H and O–H groups in total. The Balaban J connectivity index is 1.47. The van der Waals surface area contributed by atoms with Crippen molar-refractivity contribution in [2.24, 2.45) is 0 Å². The topological polar surface area (TPSA) is 59.0 Å². The molecule has 0 saturated carbocycles. The summed E-state index contributed by atoms with van der Waals surface area (Å²) < 4.78 is 40.8. The number of fused-ring (bicyclic) bond motifs is 2. The minimum absolute atomic E-state index is 0.0464. The number of aliphatic carboxylic acids is 1. The van der Waals surface area contributed by atoms with Crippen LogP contribution >= 0.6 is 0 Å². The van der Waals surface area contributed by atoms with Crippen LogP contribution < -0.4 is 9.47 Å². The van der Waals surface area contributed by atoms with Gasteiger partial charge in [0.15, 0.2) is 11.5 Å². The average Bonchev–Trinajstić information content (AvgIpc) is 3.12. The number of hydrogen-bond donors (Lipinski definition) is 1. The molecule has 2 aromatic carbocycles. The van der Waals surface area contributed by atoms with Gasteiger partial charge in [0, 0.05) is 23.1 Å². The number of benzene rings is 2. The molecule has 2 aliphatic heterocycles. The molecule has 0 amide bonds. The van der Waals surface area contributed by atoms with E-state index in [4.69, 9.17) is 14.6 Å². The summed E-state index contributed by atoms with van der Waals surface area (Å²) in [6.07, 6.45) is 2.36. The van der Waals surface area contributed by atoms with Crippen LogP contribution in [0.4, 0.5) is 8.78 Å². The fourth-order valence-corrected chi connectivity index (χ4v) is 4.61. The van der Waals surface area contributed by atoms with Crippen molar-refractivity contribution in [3.05, 3.63) is 58.7 Å². The molecular weight excluding hydrogens is 404 g/mol. The van der Waals surface area contributed by atoms with Crippen LogP contribution in [0.3, 0.4) is 0 Å². The fourth-order valence-electron chi connectivity index (χ4n) is 4.61. The number of carboxylic acids is 1. The second-order valence-corrected chi connectivity index (χ2v) is 8.33. The number of hydrogen-bond acceptors (Lipinski definition) is 4. The highest BCUT2D eigenvalue weighted by molar-refractivity contribution is 5.66. The lowest BCUT2D eigenvalue weighted by Gasteiger charge is -2.38. The van der Waals surface area contributed by atoms with Gasteiger partial charge in [0.05, 0.1) is 13.0 Å². The molecule has 0 unspecified atom stereocenters. The first-order valence-corrected chi connectivity index (χ1v) is 10.7. The molecule has 0 aromatic heterocycles. The highest BCUT2D eigenvalue weighted by atomic mass is 19.1. The van der Waals surface area contributed by atoms with Gasteiger partial charge < -0.3 is 19.5 Å². The molecule has 5 nitrogen and oxygen atoms in total. The third-order valence-electron chi connectivity index (χ3n) is 6.55. The van der Waals surface area contributed by atoms with Gasteiger partial charge in [-0.3, -0.25) is 4.79 Å². The van der Waals surface area contributed by atoms with Crippen molar-refractivity contribution in [2.75, 3.05) is 26.2 Å². The molecule has 1 spiro atoms. The summed E-state index contributed by atoms with van der Waals surface area (Å²) in [5.74, 6) is -1.42. The van der Waals surface area contributed by atoms with Gasteiger partial charge in [0.25, 0.3) is 0 Å². The maximum absolute atomic E-state index is 15.2. The van der Waals surface area contributed by atoms with Crippen LogP contribution in [0, 0.1) is 11.6 Å². The Morgan fingerprint density at radius 2 is 2.00 bits per heavy atom. The molecule has 0 bridgehead atoms. The third kappa shape index (κ3) is 4.24. The van der Waals surface area contributed by atoms with E-state index in [2.05, 4.69) is 4.90 Å². The van der Waals surface area contributed by atoms with E-state index in [0.29, 0.717) is 25.1 Å². The van der Waals surface area contributed by atoms with Crippen LogP contribution in [0.1, 0.15) is 42.9 Å². The Bertz CT molecular complexity index is 970. The molecule has 2 heterocycles. The van der Waals surface area contributed by atoms with Crippen LogP contribution in [0.2, 0.25) is 0 Å². The molecule has 31 heavy (non-hydrogen) atoms. The summed E-state index contributed by atoms with van der Waals surface area (Å²) >= 11 is 0. The predicted octanol–water partition coefficient (Wildman–Crippen LogP) is 4.31. The number of ether oxygens (including phenoxy) is 2. The van der Waals surface area contributed by atoms with Gasteiger partial charge in [-0.1, -0.05) is 25.1 Å². The van der Waals surface area contributed by atoms with Crippen molar-refractivity contribution in [1.29, 1.82) is 0 Å². The number of carboxylic acid groups (broad SMARTS) is 1. The zero-order valence-electron chi connectivity index (χ0n) is 17.6. The van der Waals surface area contributed by atoms with E-state index in [1.165, 1.54) is 6.07 Å². The molecule has 1 saturated heterocycles. The second kappa shape index (κ2) is 8.83. The molecule has 1 fully saturated rings. The standard InChI is InChI=1S/C24H27F2NO4/c1-2-16-4-3-5-19(25)17(16)14-30-20-7-6-18-23(22(20)26)31-15-24(18)9-12-27(13-10-24)11-8-21(28)29/h3-7H,2,8-15H2,1H3,(H,28,29). The number of carbonyl (C=O) groups is 1. The summed E-state index contributed by atoms with van der Waals surface area (Å²) in [5.41, 5.74) is 1.87. The third-order valence-corrected chi connectivity index (χ3v) is 6.55. The van der Waals surface area contributed by atoms with Crippen molar-refractivity contribution in [1.82, 2.24) is 4.90 Å². The monoisotopic (exact) mass is 431 g/mol. The lowest BCUT2D eigenvalue weighted by atomic mass is 9.74. The summed E-state index contributed by atoms with van der Waals surface area (Å²) in [5, 5.41) is 8.88. The predicted molar refractivity (Wildman–Crippen MR) is 112 cm³/mol. The highest BCUT2D eigenvalue weighted by Crippen LogP contribution is 2.48. The molecule has 0 atom stereocenters. The van der Waals surface area contributed by atoms with Gasteiger partial charge in [-0.05, 0) is 50.0 Å². The van der Waals surface area contributed by atoms with Crippen molar-refractivity contribution >= 4 is 5.97 Å². The maximum Gasteiger partial charge on any atom is 0.304 e. The number of aryl methyl sites for hydroxylation is 1. The quantitative estimate of drug-likeness (QED) is 0.708. The van der Waals surface area contributed by atoms with Crippen LogP contribution in [-0.2, 0) is 23.2 Å². The van der Waals surface area contributed by atoms with E-state index in [9.17, 15) is 9.18 Å². The maximum atomic E-state index is 15.2. The first kappa shape index (κ1) is 21.6. The Labute approximate surface area is 180 Å². The molecule has 4 rings (SSSR count). The number of piperidine rings is 1. The van der Waals surface area contributed by atoms with Crippen LogP contribution in [0.5, 0.6) is 11.5 Å². The molecule has 2 aromatic rings. The van der Waals surface area contributed by atoms with Crippen molar-refractivity contribution in [3.8, 4) is 11.5 Å². The van der Waals surface area contributed by atoms with E-state index >= 15 is 4.39 Å². The largest absolute Gasteiger partial charge is 0.489 e. The zero-order valence-corrected chi connectivity index (χ0v) is 17.6. The Morgan fingerprint density at radius 1 is 1.23 bits per heavy atom. The van der Waals surface area contributed by atoms with Gasteiger partial charge in [-0.2, -0.15) is 4.39 Å². The number of likely N-dealkylation sites (tertiary alicyclic amines) is 1. The SMILES string of the molecule is CCc1cccc(F)c1COc1ccc2c(c1F)OCC21CCN(CCC(=O)O)CC1. The van der Waals surface area contributed by atoms with Crippen molar-refractivity contribution in [3.63, 3.8) is 0 Å². The molecular formula is C24H27F2NO4. The summed E-state index contributed by atoms with van der Waals surface area (Å²) in [6, 6.07) is 8.35. The van der Waals surface area contributed by atoms with E-state index in [1.54, 1.807) is 12.1 Å². The Morgan fingerprint density at radius 3 is 2.71 bits per heavy atom. The molecule has 0 aliphatic carbocycles.